The molecule has 0 aliphatic heterocycles. The van der Waals surface area contributed by atoms with Crippen molar-refractivity contribution in [3.8, 4) is 45.4 Å². The summed E-state index contributed by atoms with van der Waals surface area (Å²) >= 11 is 12.7. The summed E-state index contributed by atoms with van der Waals surface area (Å²) in [5.41, 5.74) is 7.68. The molecule has 0 bridgehead atoms. The van der Waals surface area contributed by atoms with Gasteiger partial charge in [-0.25, -0.2) is 35.5 Å². The maximum absolute atomic E-state index is 13.3. The lowest BCUT2D eigenvalue weighted by Crippen LogP contribution is -2.30. The number of benzene rings is 7. The van der Waals surface area contributed by atoms with Crippen LogP contribution in [0.3, 0.4) is 0 Å². The van der Waals surface area contributed by atoms with E-state index in [1.807, 2.05) is 47.2 Å². The predicted octanol–water partition coefficient (Wildman–Crippen LogP) is 12.4. The predicted molar refractivity (Wildman–Crippen MR) is 276 cm³/mol. The minimum atomic E-state index is -4.15. The first kappa shape index (κ1) is 50.8. The molecule has 0 saturated carbocycles. The third-order valence-electron chi connectivity index (χ3n) is 11.3. The minimum Gasteiger partial charge on any atom is -0.488 e. The molecule has 1 amide bonds. The molecule has 17 heteroatoms. The van der Waals surface area contributed by atoms with E-state index >= 15 is 0 Å². The van der Waals surface area contributed by atoms with E-state index in [4.69, 9.17) is 37.8 Å². The van der Waals surface area contributed by atoms with Gasteiger partial charge >= 0.3 is 0 Å². The Labute approximate surface area is 425 Å². The highest BCUT2D eigenvalue weighted by molar-refractivity contribution is 7.90. The Morgan fingerprint density at radius 3 is 1.44 bits per heavy atom. The van der Waals surface area contributed by atoms with E-state index in [0.29, 0.717) is 38.5 Å². The molecule has 11 nitrogen and oxygen atoms in total. The Hall–Kier alpha value is -7.53. The molecule has 0 unspecified atom stereocenters. The first-order valence-corrected chi connectivity index (χ1v) is 25.8. The van der Waals surface area contributed by atoms with Crippen molar-refractivity contribution in [2.75, 3.05) is 0 Å². The van der Waals surface area contributed by atoms with Gasteiger partial charge in [0.15, 0.2) is 0 Å². The summed E-state index contributed by atoms with van der Waals surface area (Å²) < 4.78 is 94.5. The van der Waals surface area contributed by atoms with Crippen molar-refractivity contribution >= 4 is 49.2 Å². The molecule has 0 saturated heterocycles. The topological polar surface area (TPSA) is 152 Å². The van der Waals surface area contributed by atoms with E-state index in [9.17, 15) is 30.4 Å². The number of rotatable bonds is 14. The molecule has 72 heavy (non-hydrogen) atoms. The Balaban J connectivity index is 0.000000197. The number of hydrogen-bond donors (Lipinski definition) is 2. The maximum Gasteiger partial charge on any atom is 0.264 e. The molecular weight excluding hydrogens is 1000 g/mol. The third-order valence-corrected chi connectivity index (χ3v) is 14.0. The van der Waals surface area contributed by atoms with Gasteiger partial charge in [-0.1, -0.05) is 77.8 Å². The second kappa shape index (κ2) is 21.9. The van der Waals surface area contributed by atoms with E-state index in [2.05, 4.69) is 4.72 Å². The lowest BCUT2D eigenvalue weighted by Gasteiger charge is -2.17. The molecule has 0 atom stereocenters. The molecule has 9 aromatic rings. The normalized spacial score (nSPS) is 11.4. The summed E-state index contributed by atoms with van der Waals surface area (Å²) in [6.45, 7) is 4.26. The van der Waals surface area contributed by atoms with E-state index < -0.39 is 26.0 Å². The summed E-state index contributed by atoms with van der Waals surface area (Å²) in [5, 5.41) is 6.34. The number of ether oxygens (including phenoxy) is 2. The molecule has 9 rings (SSSR count). The second-order valence-corrected chi connectivity index (χ2v) is 20.5. The average molecular weight is 1050 g/mol. The van der Waals surface area contributed by atoms with Crippen molar-refractivity contribution in [1.82, 2.24) is 13.9 Å². The van der Waals surface area contributed by atoms with Crippen molar-refractivity contribution in [3.63, 3.8) is 0 Å². The van der Waals surface area contributed by atoms with E-state index in [0.717, 1.165) is 39.5 Å². The maximum atomic E-state index is 13.3. The number of aromatic nitrogens is 2. The number of nitrogens with two attached hydrogens (primary N) is 1. The van der Waals surface area contributed by atoms with Crippen LogP contribution in [-0.2, 0) is 33.3 Å². The van der Waals surface area contributed by atoms with Crippen molar-refractivity contribution < 1.29 is 39.9 Å². The number of primary sulfonamides is 1. The van der Waals surface area contributed by atoms with Gasteiger partial charge in [0, 0.05) is 49.5 Å². The molecule has 2 aromatic heterocycles. The highest BCUT2D eigenvalue weighted by Crippen LogP contribution is 2.38. The van der Waals surface area contributed by atoms with Crippen LogP contribution in [0.4, 0.5) is 8.78 Å². The smallest absolute Gasteiger partial charge is 0.264 e. The molecule has 3 N–H and O–H groups in total. The number of hydrogen-bond acceptors (Lipinski definition) is 7. The number of nitrogens with one attached hydrogen (secondary N) is 1. The van der Waals surface area contributed by atoms with E-state index in [1.54, 1.807) is 103 Å². The van der Waals surface area contributed by atoms with Crippen LogP contribution in [0.2, 0.25) is 10.0 Å². The van der Waals surface area contributed by atoms with E-state index in [-0.39, 0.29) is 40.2 Å². The van der Waals surface area contributed by atoms with Crippen LogP contribution < -0.4 is 19.3 Å². The summed E-state index contributed by atoms with van der Waals surface area (Å²) in [4.78, 5) is 12.5. The standard InChI is InChI=1S/C31H24ClFN2O4S.C24H20ClFN2O3S/c1-21-10-16-29(28-18-24(32)13-17-30(28)39-20-22-11-14-25(33)15-12-22)35(21)26-8-5-9-27(19-26)40(37,38)34-31(36)23-6-3-2-4-7-23;1-16-5-11-23(28(16)20-3-2-4-21(14-20)32(27,29)30)22-13-18(25)8-12-24(22)31-15-17-6-9-19(26)10-7-17/h2-19H,20H2,1H3,(H,34,36);2-14H,15H2,1H3,(H2,27,29,30). The molecule has 0 fully saturated rings. The van der Waals surface area contributed by atoms with Gasteiger partial charge in [0.25, 0.3) is 15.9 Å². The molecule has 2 heterocycles. The minimum absolute atomic E-state index is 0.0212. The summed E-state index contributed by atoms with van der Waals surface area (Å²) in [7, 11) is -8.00. The van der Waals surface area contributed by atoms with Gasteiger partial charge in [-0.2, -0.15) is 0 Å². The first-order chi connectivity index (χ1) is 34.4. The SMILES string of the molecule is Cc1ccc(-c2cc(Cl)ccc2OCc2ccc(F)cc2)n1-c1cccc(S(=O)(=O)NC(=O)c2ccccc2)c1.Cc1ccc(-c2cc(Cl)ccc2OCc2ccc(F)cc2)n1-c1cccc(S(N)(=O)=O)c1. The van der Waals surface area contributed by atoms with Crippen LogP contribution in [0.25, 0.3) is 33.9 Å². The zero-order chi connectivity index (χ0) is 51.2. The molecule has 0 spiro atoms. The molecule has 0 aliphatic rings. The van der Waals surface area contributed by atoms with Crippen molar-refractivity contribution in [2.24, 2.45) is 5.14 Å². The van der Waals surface area contributed by atoms with Gasteiger partial charge < -0.3 is 18.6 Å². The van der Waals surface area contributed by atoms with Gasteiger partial charge in [0.1, 0.15) is 36.3 Å². The fraction of sp³-hybridized carbons (Fsp3) is 0.0727. The first-order valence-electron chi connectivity index (χ1n) is 22.0. The fourth-order valence-corrected chi connectivity index (χ4v) is 9.65. The highest BCUT2D eigenvalue weighted by Gasteiger charge is 2.22. The van der Waals surface area contributed by atoms with Crippen molar-refractivity contribution in [2.45, 2.75) is 36.9 Å². The van der Waals surface area contributed by atoms with Crippen LogP contribution in [-0.4, -0.2) is 31.9 Å². The van der Waals surface area contributed by atoms with Gasteiger partial charge in [0.2, 0.25) is 10.0 Å². The third kappa shape index (κ3) is 12.1. The van der Waals surface area contributed by atoms with Crippen molar-refractivity contribution in [1.29, 1.82) is 0 Å². The molecule has 366 valence electrons. The zero-order valence-corrected chi connectivity index (χ0v) is 41.6. The Bertz CT molecular complexity index is 3650. The van der Waals surface area contributed by atoms with Crippen LogP contribution >= 0.6 is 23.2 Å². The number of nitrogens with zero attached hydrogens (tertiary/aromatic N) is 2. The summed E-state index contributed by atoms with van der Waals surface area (Å²) in [6, 6.07) is 51.2. The lowest BCUT2D eigenvalue weighted by molar-refractivity contribution is 0.0981. The number of carbonyl (C=O) groups excluding carboxylic acids is 1. The van der Waals surface area contributed by atoms with Crippen LogP contribution in [0.1, 0.15) is 32.9 Å². The Morgan fingerprint density at radius 2 is 0.986 bits per heavy atom. The highest BCUT2D eigenvalue weighted by atomic mass is 35.5. The fourth-order valence-electron chi connectivity index (χ4n) is 7.74. The lowest BCUT2D eigenvalue weighted by atomic mass is 10.1. The zero-order valence-electron chi connectivity index (χ0n) is 38.5. The Morgan fingerprint density at radius 1 is 0.542 bits per heavy atom. The summed E-state index contributed by atoms with van der Waals surface area (Å²) in [6.07, 6.45) is 0. The quantitative estimate of drug-likeness (QED) is 0.110. The van der Waals surface area contributed by atoms with Crippen LogP contribution in [0.15, 0.2) is 198 Å². The monoisotopic (exact) mass is 1040 g/mol. The van der Waals surface area contributed by atoms with Gasteiger partial charge in [-0.05, 0) is 158 Å². The van der Waals surface area contributed by atoms with Crippen LogP contribution in [0.5, 0.6) is 11.5 Å². The van der Waals surface area contributed by atoms with Gasteiger partial charge in [-0.15, -0.1) is 0 Å². The second-order valence-electron chi connectivity index (χ2n) is 16.3. The van der Waals surface area contributed by atoms with E-state index in [1.165, 1.54) is 60.7 Å². The molecule has 7 aromatic carbocycles. The summed E-state index contributed by atoms with van der Waals surface area (Å²) in [5.74, 6) is -0.220. The molecular formula is C55H44Cl2F2N4O7S2. The van der Waals surface area contributed by atoms with Gasteiger partial charge in [-0.3, -0.25) is 4.79 Å². The van der Waals surface area contributed by atoms with Crippen molar-refractivity contribution in [3.05, 3.63) is 238 Å². The number of carbonyl (C=O) groups is 1. The number of aryl methyl sites for hydroxylation is 2. The molecule has 0 radical (unpaired) electrons. The number of amides is 1. The largest absolute Gasteiger partial charge is 0.488 e. The molecule has 0 aliphatic carbocycles. The number of halogens is 4. The Kier molecular flexibility index (Phi) is 15.4. The van der Waals surface area contributed by atoms with Gasteiger partial charge in [0.05, 0.1) is 21.2 Å². The number of sulfonamides is 2. The van der Waals surface area contributed by atoms with Crippen LogP contribution in [0, 0.1) is 25.5 Å². The average Bonchev–Trinajstić information content (AvgIpc) is 3.96.